The van der Waals surface area contributed by atoms with Crippen LogP contribution < -0.4 is 4.74 Å². The Hall–Kier alpha value is -1.64. The van der Waals surface area contributed by atoms with Gasteiger partial charge < -0.3 is 9.53 Å². The van der Waals surface area contributed by atoms with E-state index < -0.39 is 0 Å². The van der Waals surface area contributed by atoms with Gasteiger partial charge in [-0.25, -0.2) is 0 Å². The number of aldehydes is 1. The van der Waals surface area contributed by atoms with Gasteiger partial charge in [0, 0.05) is 12.8 Å². The number of hydrogen-bond acceptors (Lipinski definition) is 3. The monoisotopic (exact) mass is 248 g/mol. The van der Waals surface area contributed by atoms with E-state index in [2.05, 4.69) is 20.8 Å². The molecule has 3 heteroatoms. The van der Waals surface area contributed by atoms with Crippen molar-refractivity contribution in [2.45, 2.75) is 45.4 Å². The van der Waals surface area contributed by atoms with Crippen molar-refractivity contribution in [2.24, 2.45) is 0 Å². The maximum atomic E-state index is 11.4. The van der Waals surface area contributed by atoms with Crippen LogP contribution in [0.25, 0.3) is 0 Å². The molecule has 0 amide bonds. The first-order chi connectivity index (χ1) is 8.43. The molecular weight excluding hydrogens is 228 g/mol. The molecule has 0 N–H and O–H groups in total. The molecule has 18 heavy (non-hydrogen) atoms. The Labute approximate surface area is 108 Å². The molecule has 1 aromatic carbocycles. The summed E-state index contributed by atoms with van der Waals surface area (Å²) in [4.78, 5) is 21.6. The van der Waals surface area contributed by atoms with Crippen LogP contribution in [-0.2, 0) is 15.0 Å². The third-order valence-electron chi connectivity index (χ3n) is 2.65. The number of carbonyl (C=O) groups excluding carboxylic acids is 2. The molecule has 0 aliphatic rings. The fraction of sp³-hybridized carbons (Fsp3) is 0.467. The van der Waals surface area contributed by atoms with E-state index in [1.807, 2.05) is 12.1 Å². The SMILES string of the molecule is CC(C)(C)c1ccc(OC(=O)CCCC=O)cc1. The Kier molecular flexibility index (Phi) is 5.08. The molecule has 0 saturated heterocycles. The van der Waals surface area contributed by atoms with Crippen molar-refractivity contribution in [3.8, 4) is 5.75 Å². The van der Waals surface area contributed by atoms with Gasteiger partial charge >= 0.3 is 5.97 Å². The molecular formula is C15H20O3. The number of hydrogen-bond donors (Lipinski definition) is 0. The molecule has 98 valence electrons. The molecule has 0 radical (unpaired) electrons. The Balaban J connectivity index is 2.53. The summed E-state index contributed by atoms with van der Waals surface area (Å²) in [5.74, 6) is 0.263. The number of benzene rings is 1. The van der Waals surface area contributed by atoms with E-state index >= 15 is 0 Å². The molecule has 0 unspecified atom stereocenters. The number of esters is 1. The molecule has 0 aliphatic heterocycles. The van der Waals surface area contributed by atoms with Gasteiger partial charge in [0.15, 0.2) is 0 Å². The summed E-state index contributed by atoms with van der Waals surface area (Å²) >= 11 is 0. The van der Waals surface area contributed by atoms with Crippen LogP contribution in [-0.4, -0.2) is 12.3 Å². The summed E-state index contributed by atoms with van der Waals surface area (Å²) in [6, 6.07) is 7.54. The second kappa shape index (κ2) is 6.34. The van der Waals surface area contributed by atoms with Gasteiger partial charge in [0.05, 0.1) is 0 Å². The molecule has 0 spiro atoms. The van der Waals surface area contributed by atoms with E-state index in [0.29, 0.717) is 18.6 Å². The van der Waals surface area contributed by atoms with E-state index in [1.54, 1.807) is 12.1 Å². The molecule has 0 aliphatic carbocycles. The molecule has 0 bridgehead atoms. The Morgan fingerprint density at radius 1 is 1.22 bits per heavy atom. The zero-order chi connectivity index (χ0) is 13.6. The highest BCUT2D eigenvalue weighted by Crippen LogP contribution is 2.24. The van der Waals surface area contributed by atoms with Gasteiger partial charge in [-0.3, -0.25) is 4.79 Å². The van der Waals surface area contributed by atoms with Crippen molar-refractivity contribution >= 4 is 12.3 Å². The fourth-order valence-corrected chi connectivity index (χ4v) is 1.54. The van der Waals surface area contributed by atoms with E-state index in [-0.39, 0.29) is 17.8 Å². The van der Waals surface area contributed by atoms with Crippen LogP contribution in [0.4, 0.5) is 0 Å². The summed E-state index contributed by atoms with van der Waals surface area (Å²) < 4.78 is 5.17. The lowest BCUT2D eigenvalue weighted by Gasteiger charge is -2.18. The summed E-state index contributed by atoms with van der Waals surface area (Å²) in [5.41, 5.74) is 1.29. The van der Waals surface area contributed by atoms with Crippen molar-refractivity contribution in [1.82, 2.24) is 0 Å². The summed E-state index contributed by atoms with van der Waals surface area (Å²) in [5, 5.41) is 0. The van der Waals surface area contributed by atoms with Crippen LogP contribution in [0, 0.1) is 0 Å². The summed E-state index contributed by atoms with van der Waals surface area (Å²) in [6.07, 6.45) is 2.03. The molecule has 1 aromatic rings. The van der Waals surface area contributed by atoms with Gasteiger partial charge in [-0.15, -0.1) is 0 Å². The van der Waals surface area contributed by atoms with E-state index in [4.69, 9.17) is 4.74 Å². The quantitative estimate of drug-likeness (QED) is 0.347. The van der Waals surface area contributed by atoms with E-state index in [9.17, 15) is 9.59 Å². The third kappa shape index (κ3) is 4.70. The molecule has 3 nitrogen and oxygen atoms in total. The van der Waals surface area contributed by atoms with Crippen molar-refractivity contribution in [3.63, 3.8) is 0 Å². The lowest BCUT2D eigenvalue weighted by Crippen LogP contribution is -2.11. The number of ether oxygens (including phenoxy) is 1. The lowest BCUT2D eigenvalue weighted by molar-refractivity contribution is -0.134. The topological polar surface area (TPSA) is 43.4 Å². The fourth-order valence-electron chi connectivity index (χ4n) is 1.54. The van der Waals surface area contributed by atoms with Gasteiger partial charge in [0.25, 0.3) is 0 Å². The third-order valence-corrected chi connectivity index (χ3v) is 2.65. The molecule has 0 heterocycles. The van der Waals surface area contributed by atoms with Crippen LogP contribution >= 0.6 is 0 Å². The lowest BCUT2D eigenvalue weighted by atomic mass is 9.87. The predicted molar refractivity (Wildman–Crippen MR) is 70.7 cm³/mol. The standard InChI is InChI=1S/C15H20O3/c1-15(2,3)12-7-9-13(10-8-12)18-14(17)6-4-5-11-16/h7-11H,4-6H2,1-3H3. The van der Waals surface area contributed by atoms with Gasteiger partial charge in [0.1, 0.15) is 12.0 Å². The smallest absolute Gasteiger partial charge is 0.311 e. The van der Waals surface area contributed by atoms with Crippen molar-refractivity contribution in [3.05, 3.63) is 29.8 Å². The average Bonchev–Trinajstić information content (AvgIpc) is 2.29. The number of carbonyl (C=O) groups is 2. The summed E-state index contributed by atoms with van der Waals surface area (Å²) in [6.45, 7) is 6.40. The van der Waals surface area contributed by atoms with Crippen LogP contribution in [0.3, 0.4) is 0 Å². The predicted octanol–water partition coefficient (Wildman–Crippen LogP) is 3.26. The van der Waals surface area contributed by atoms with E-state index in [0.717, 1.165) is 6.29 Å². The van der Waals surface area contributed by atoms with Crippen molar-refractivity contribution < 1.29 is 14.3 Å². The van der Waals surface area contributed by atoms with Crippen LogP contribution in [0.2, 0.25) is 0 Å². The van der Waals surface area contributed by atoms with Crippen LogP contribution in [0.1, 0.15) is 45.6 Å². The van der Waals surface area contributed by atoms with Crippen molar-refractivity contribution in [2.75, 3.05) is 0 Å². The van der Waals surface area contributed by atoms with Crippen LogP contribution in [0.15, 0.2) is 24.3 Å². The largest absolute Gasteiger partial charge is 0.427 e. The Morgan fingerprint density at radius 3 is 2.33 bits per heavy atom. The van der Waals surface area contributed by atoms with Crippen LogP contribution in [0.5, 0.6) is 5.75 Å². The molecule has 0 fully saturated rings. The zero-order valence-corrected chi connectivity index (χ0v) is 11.2. The highest BCUT2D eigenvalue weighted by atomic mass is 16.5. The van der Waals surface area contributed by atoms with Gasteiger partial charge in [-0.05, 0) is 29.5 Å². The van der Waals surface area contributed by atoms with Gasteiger partial charge in [-0.1, -0.05) is 32.9 Å². The normalized spacial score (nSPS) is 11.1. The highest BCUT2D eigenvalue weighted by molar-refractivity contribution is 5.72. The van der Waals surface area contributed by atoms with E-state index in [1.165, 1.54) is 5.56 Å². The average molecular weight is 248 g/mol. The Bertz CT molecular complexity index is 399. The first-order valence-corrected chi connectivity index (χ1v) is 6.18. The molecule has 0 atom stereocenters. The highest BCUT2D eigenvalue weighted by Gasteiger charge is 2.13. The van der Waals surface area contributed by atoms with Gasteiger partial charge in [0.2, 0.25) is 0 Å². The van der Waals surface area contributed by atoms with Gasteiger partial charge in [-0.2, -0.15) is 0 Å². The molecule has 0 aromatic heterocycles. The molecule has 0 saturated carbocycles. The summed E-state index contributed by atoms with van der Waals surface area (Å²) in [7, 11) is 0. The Morgan fingerprint density at radius 2 is 1.83 bits per heavy atom. The minimum Gasteiger partial charge on any atom is -0.427 e. The first-order valence-electron chi connectivity index (χ1n) is 6.18. The maximum Gasteiger partial charge on any atom is 0.311 e. The second-order valence-corrected chi connectivity index (χ2v) is 5.31. The zero-order valence-electron chi connectivity index (χ0n) is 11.2. The first kappa shape index (κ1) is 14.4. The molecule has 1 rings (SSSR count). The minimum atomic E-state index is -0.291. The minimum absolute atomic E-state index is 0.0898. The maximum absolute atomic E-state index is 11.4. The second-order valence-electron chi connectivity index (χ2n) is 5.31. The van der Waals surface area contributed by atoms with Crippen molar-refractivity contribution in [1.29, 1.82) is 0 Å². The number of rotatable bonds is 5. The number of unbranched alkanes of at least 4 members (excludes halogenated alkanes) is 1.